The number of hydrogen-bond acceptors (Lipinski definition) is 2. The molecule has 1 aromatic carbocycles. The number of amides is 1. The highest BCUT2D eigenvalue weighted by Gasteiger charge is 2.24. The third kappa shape index (κ3) is 4.78. The maximum atomic E-state index is 12.9. The number of halogens is 1. The van der Waals surface area contributed by atoms with Crippen molar-refractivity contribution in [2.75, 3.05) is 6.54 Å². The lowest BCUT2D eigenvalue weighted by Crippen LogP contribution is -2.39. The zero-order valence-corrected chi connectivity index (χ0v) is 12.2. The minimum absolute atomic E-state index is 0.0317. The van der Waals surface area contributed by atoms with Crippen LogP contribution in [0.15, 0.2) is 36.9 Å². The van der Waals surface area contributed by atoms with Gasteiger partial charge in [-0.2, -0.15) is 0 Å². The van der Waals surface area contributed by atoms with Gasteiger partial charge in [-0.15, -0.1) is 6.58 Å². The Labute approximate surface area is 119 Å². The molecule has 3 nitrogen and oxygen atoms in total. The van der Waals surface area contributed by atoms with Crippen molar-refractivity contribution < 1.29 is 14.3 Å². The van der Waals surface area contributed by atoms with Crippen LogP contribution < -0.4 is 5.32 Å². The van der Waals surface area contributed by atoms with Gasteiger partial charge in [0.25, 0.3) is 0 Å². The van der Waals surface area contributed by atoms with Crippen LogP contribution >= 0.6 is 0 Å². The van der Waals surface area contributed by atoms with Gasteiger partial charge in [0.1, 0.15) is 5.82 Å². The van der Waals surface area contributed by atoms with Crippen LogP contribution in [-0.2, 0) is 10.2 Å². The van der Waals surface area contributed by atoms with Gasteiger partial charge in [-0.3, -0.25) is 4.79 Å². The van der Waals surface area contributed by atoms with Crippen LogP contribution in [0.3, 0.4) is 0 Å². The summed E-state index contributed by atoms with van der Waals surface area (Å²) in [7, 11) is 0. The van der Waals surface area contributed by atoms with Gasteiger partial charge in [0, 0.05) is 12.0 Å². The molecule has 1 unspecified atom stereocenters. The molecule has 4 heteroatoms. The Morgan fingerprint density at radius 1 is 1.35 bits per heavy atom. The molecule has 0 heterocycles. The Morgan fingerprint density at radius 3 is 2.40 bits per heavy atom. The Balaban J connectivity index is 2.61. The van der Waals surface area contributed by atoms with E-state index in [1.165, 1.54) is 25.1 Å². The highest BCUT2D eigenvalue weighted by Crippen LogP contribution is 2.22. The van der Waals surface area contributed by atoms with E-state index in [1.807, 2.05) is 13.8 Å². The quantitative estimate of drug-likeness (QED) is 0.786. The highest BCUT2D eigenvalue weighted by atomic mass is 19.1. The third-order valence-corrected chi connectivity index (χ3v) is 3.31. The first-order valence-electron chi connectivity index (χ1n) is 6.55. The Bertz CT molecular complexity index is 478. The largest absolute Gasteiger partial charge is 0.386 e. The number of hydrogen-bond donors (Lipinski definition) is 2. The highest BCUT2D eigenvalue weighted by molar-refractivity contribution is 5.77. The minimum Gasteiger partial charge on any atom is -0.386 e. The molecule has 1 rings (SSSR count). The topological polar surface area (TPSA) is 49.3 Å². The number of carbonyl (C=O) groups is 1. The molecule has 110 valence electrons. The van der Waals surface area contributed by atoms with E-state index in [2.05, 4.69) is 11.9 Å². The van der Waals surface area contributed by atoms with Crippen molar-refractivity contribution >= 4 is 5.91 Å². The third-order valence-electron chi connectivity index (χ3n) is 3.31. The molecular weight excluding hydrogens is 257 g/mol. The second-order valence-corrected chi connectivity index (χ2v) is 5.91. The molecular formula is C16H22FNO2. The van der Waals surface area contributed by atoms with E-state index in [0.29, 0.717) is 6.54 Å². The van der Waals surface area contributed by atoms with Gasteiger partial charge >= 0.3 is 0 Å². The van der Waals surface area contributed by atoms with Gasteiger partial charge in [-0.25, -0.2) is 4.39 Å². The van der Waals surface area contributed by atoms with Crippen molar-refractivity contribution in [3.63, 3.8) is 0 Å². The summed E-state index contributed by atoms with van der Waals surface area (Å²) in [5, 5.41) is 12.5. The number of benzene rings is 1. The molecule has 1 atom stereocenters. The van der Waals surface area contributed by atoms with Gasteiger partial charge in [-0.1, -0.05) is 32.1 Å². The first kappa shape index (κ1) is 16.4. The van der Waals surface area contributed by atoms with Crippen LogP contribution in [0.1, 0.15) is 32.8 Å². The summed E-state index contributed by atoms with van der Waals surface area (Å²) in [4.78, 5) is 11.8. The normalized spacial score (nSPS) is 14.4. The van der Waals surface area contributed by atoms with Crippen molar-refractivity contribution in [3.05, 3.63) is 48.3 Å². The molecule has 0 aliphatic rings. The Morgan fingerprint density at radius 2 is 1.90 bits per heavy atom. The number of carbonyl (C=O) groups excluding carboxylic acids is 1. The first-order valence-corrected chi connectivity index (χ1v) is 6.55. The molecule has 0 spiro atoms. The fourth-order valence-electron chi connectivity index (χ4n) is 1.78. The molecule has 0 fully saturated rings. The first-order chi connectivity index (χ1) is 9.16. The number of nitrogens with one attached hydrogen (secondary N) is 1. The van der Waals surface area contributed by atoms with E-state index >= 15 is 0 Å². The maximum Gasteiger partial charge on any atom is 0.223 e. The summed E-state index contributed by atoms with van der Waals surface area (Å²) in [5.41, 5.74) is -0.581. The van der Waals surface area contributed by atoms with Crippen LogP contribution in [0.4, 0.5) is 4.39 Å². The van der Waals surface area contributed by atoms with E-state index in [4.69, 9.17) is 0 Å². The molecule has 1 aromatic rings. The second-order valence-electron chi connectivity index (χ2n) is 5.91. The van der Waals surface area contributed by atoms with Crippen molar-refractivity contribution in [2.45, 2.75) is 38.2 Å². The summed E-state index contributed by atoms with van der Waals surface area (Å²) in [6.07, 6.45) is 1.31. The lowest BCUT2D eigenvalue weighted by atomic mass is 9.84. The summed E-state index contributed by atoms with van der Waals surface area (Å²) in [6, 6.07) is 6.23. The van der Waals surface area contributed by atoms with E-state index in [-0.39, 0.29) is 23.6 Å². The predicted molar refractivity (Wildman–Crippen MR) is 77.9 cm³/mol. The van der Waals surface area contributed by atoms with Gasteiger partial charge in [0.05, 0.1) is 12.0 Å². The standard InChI is InChI=1S/C16H22FNO2/c1-5-16(4,20)10-14(19)18-11-15(2,3)12-6-8-13(17)9-7-12/h5-9,20H,1,10-11H2,2-4H3,(H,18,19). The van der Waals surface area contributed by atoms with Crippen molar-refractivity contribution in [1.29, 1.82) is 0 Å². The Hall–Kier alpha value is -1.68. The van der Waals surface area contributed by atoms with Gasteiger partial charge in [0.15, 0.2) is 0 Å². The van der Waals surface area contributed by atoms with E-state index < -0.39 is 5.60 Å². The fourth-order valence-corrected chi connectivity index (χ4v) is 1.78. The van der Waals surface area contributed by atoms with E-state index in [0.717, 1.165) is 5.56 Å². The smallest absolute Gasteiger partial charge is 0.223 e. The molecule has 0 bridgehead atoms. The molecule has 0 saturated carbocycles. The summed E-state index contributed by atoms with van der Waals surface area (Å²) in [6.45, 7) is 9.35. The van der Waals surface area contributed by atoms with Crippen LogP contribution in [0.2, 0.25) is 0 Å². The van der Waals surface area contributed by atoms with Crippen LogP contribution in [0.5, 0.6) is 0 Å². The van der Waals surface area contributed by atoms with Crippen LogP contribution in [-0.4, -0.2) is 23.2 Å². The van der Waals surface area contributed by atoms with Crippen LogP contribution in [0.25, 0.3) is 0 Å². The predicted octanol–water partition coefficient (Wildman–Crippen LogP) is 2.55. The minimum atomic E-state index is -1.20. The molecule has 2 N–H and O–H groups in total. The molecule has 20 heavy (non-hydrogen) atoms. The van der Waals surface area contributed by atoms with Crippen molar-refractivity contribution in [1.82, 2.24) is 5.32 Å². The molecule has 0 aliphatic heterocycles. The lowest BCUT2D eigenvalue weighted by Gasteiger charge is -2.26. The average Bonchev–Trinajstić information content (AvgIpc) is 2.37. The molecule has 0 aliphatic carbocycles. The van der Waals surface area contributed by atoms with E-state index in [1.54, 1.807) is 12.1 Å². The molecule has 0 radical (unpaired) electrons. The van der Waals surface area contributed by atoms with Gasteiger partial charge in [0.2, 0.25) is 5.91 Å². The maximum absolute atomic E-state index is 12.9. The van der Waals surface area contributed by atoms with Gasteiger partial charge < -0.3 is 10.4 Å². The Kier molecular flexibility index (Phi) is 5.06. The van der Waals surface area contributed by atoms with E-state index in [9.17, 15) is 14.3 Å². The molecule has 1 amide bonds. The summed E-state index contributed by atoms with van der Waals surface area (Å²) < 4.78 is 12.9. The van der Waals surface area contributed by atoms with Crippen LogP contribution in [0, 0.1) is 5.82 Å². The zero-order valence-electron chi connectivity index (χ0n) is 12.2. The lowest BCUT2D eigenvalue weighted by molar-refractivity contribution is -0.124. The SMILES string of the molecule is C=CC(C)(O)CC(=O)NCC(C)(C)c1ccc(F)cc1. The summed E-state index contributed by atoms with van der Waals surface area (Å²) >= 11 is 0. The molecule has 0 aromatic heterocycles. The summed E-state index contributed by atoms with van der Waals surface area (Å²) in [5.74, 6) is -0.527. The zero-order chi connectivity index (χ0) is 15.4. The van der Waals surface area contributed by atoms with Gasteiger partial charge in [-0.05, 0) is 24.6 Å². The monoisotopic (exact) mass is 279 g/mol. The average molecular weight is 279 g/mol. The van der Waals surface area contributed by atoms with Crippen molar-refractivity contribution in [2.24, 2.45) is 0 Å². The number of aliphatic hydroxyl groups is 1. The number of rotatable bonds is 6. The molecule has 0 saturated heterocycles. The second kappa shape index (κ2) is 6.18. The fraction of sp³-hybridized carbons (Fsp3) is 0.438. The van der Waals surface area contributed by atoms with Crippen molar-refractivity contribution in [3.8, 4) is 0 Å².